The van der Waals surface area contributed by atoms with Gasteiger partial charge in [0.15, 0.2) is 0 Å². The predicted molar refractivity (Wildman–Crippen MR) is 87.7 cm³/mol. The first-order valence-corrected chi connectivity index (χ1v) is 7.88. The van der Waals surface area contributed by atoms with E-state index in [4.69, 9.17) is 10.5 Å². The Morgan fingerprint density at radius 3 is 2.62 bits per heavy atom. The Morgan fingerprint density at radius 1 is 1.33 bits per heavy atom. The average Bonchev–Trinajstić information content (AvgIpc) is 2.47. The van der Waals surface area contributed by atoms with Crippen LogP contribution in [0, 0.1) is 0 Å². The highest BCUT2D eigenvalue weighted by Gasteiger charge is 2.24. The number of nitrogen functional groups attached to an aromatic ring is 1. The number of hydrogen-bond donors (Lipinski definition) is 1. The number of amides is 1. The van der Waals surface area contributed by atoms with E-state index in [2.05, 4.69) is 20.8 Å². The van der Waals surface area contributed by atoms with Crippen LogP contribution in [0.1, 0.15) is 57.3 Å². The lowest BCUT2D eigenvalue weighted by atomic mass is 10.1. The third-order valence-corrected chi connectivity index (χ3v) is 3.71. The Bertz CT molecular complexity index is 460. The van der Waals surface area contributed by atoms with Gasteiger partial charge in [-0.1, -0.05) is 26.3 Å². The molecule has 0 aromatic heterocycles. The van der Waals surface area contributed by atoms with E-state index >= 15 is 0 Å². The van der Waals surface area contributed by atoms with Crippen LogP contribution in [0.3, 0.4) is 0 Å². The number of anilines is 1. The van der Waals surface area contributed by atoms with Gasteiger partial charge in [-0.3, -0.25) is 4.79 Å². The fraction of sp³-hybridized carbons (Fsp3) is 0.588. The number of nitrogens with zero attached hydrogens (tertiary/aromatic N) is 1. The van der Waals surface area contributed by atoms with Crippen molar-refractivity contribution < 1.29 is 9.53 Å². The van der Waals surface area contributed by atoms with E-state index in [1.54, 1.807) is 6.07 Å². The second kappa shape index (κ2) is 8.55. The maximum atomic E-state index is 12.9. The second-order valence-electron chi connectivity index (χ2n) is 5.26. The minimum Gasteiger partial charge on any atom is -0.493 e. The minimum absolute atomic E-state index is 0.0284. The van der Waals surface area contributed by atoms with Crippen LogP contribution < -0.4 is 10.5 Å². The first-order valence-electron chi connectivity index (χ1n) is 7.88. The van der Waals surface area contributed by atoms with E-state index in [1.165, 1.54) is 0 Å². The zero-order chi connectivity index (χ0) is 15.8. The molecule has 21 heavy (non-hydrogen) atoms. The van der Waals surface area contributed by atoms with E-state index in [-0.39, 0.29) is 11.9 Å². The minimum atomic E-state index is -0.0284. The highest BCUT2D eigenvalue weighted by Crippen LogP contribution is 2.27. The zero-order valence-corrected chi connectivity index (χ0v) is 13.7. The number of ether oxygens (including phenoxy) is 1. The molecular formula is C17H28N2O2. The zero-order valence-electron chi connectivity index (χ0n) is 13.7. The molecule has 0 aliphatic heterocycles. The normalized spacial score (nSPS) is 12.0. The fourth-order valence-corrected chi connectivity index (χ4v) is 2.27. The molecular weight excluding hydrogens is 264 g/mol. The van der Waals surface area contributed by atoms with Gasteiger partial charge in [0.25, 0.3) is 5.91 Å². The van der Waals surface area contributed by atoms with Crippen LogP contribution in [-0.2, 0) is 0 Å². The topological polar surface area (TPSA) is 55.6 Å². The van der Waals surface area contributed by atoms with Crippen molar-refractivity contribution in [3.8, 4) is 5.75 Å². The van der Waals surface area contributed by atoms with Crippen LogP contribution in [0.15, 0.2) is 18.2 Å². The summed E-state index contributed by atoms with van der Waals surface area (Å²) in [6, 6.07) is 5.57. The summed E-state index contributed by atoms with van der Waals surface area (Å²) < 4.78 is 5.58. The molecule has 0 radical (unpaired) electrons. The molecule has 1 rings (SSSR count). The van der Waals surface area contributed by atoms with Crippen LogP contribution in [0.25, 0.3) is 0 Å². The van der Waals surface area contributed by atoms with Crippen LogP contribution in [0.4, 0.5) is 5.69 Å². The summed E-state index contributed by atoms with van der Waals surface area (Å²) in [7, 11) is 0. The largest absolute Gasteiger partial charge is 0.493 e. The molecule has 1 atom stereocenters. The second-order valence-corrected chi connectivity index (χ2v) is 5.26. The highest BCUT2D eigenvalue weighted by atomic mass is 16.5. The molecule has 0 spiro atoms. The van der Waals surface area contributed by atoms with Gasteiger partial charge in [0.2, 0.25) is 0 Å². The summed E-state index contributed by atoms with van der Waals surface area (Å²) in [5.74, 6) is 0.548. The van der Waals surface area contributed by atoms with Crippen LogP contribution in [0.5, 0.6) is 5.75 Å². The van der Waals surface area contributed by atoms with Gasteiger partial charge < -0.3 is 15.4 Å². The van der Waals surface area contributed by atoms with Crippen molar-refractivity contribution in [2.45, 2.75) is 53.0 Å². The molecule has 0 saturated carbocycles. The molecule has 0 fully saturated rings. The van der Waals surface area contributed by atoms with Crippen molar-refractivity contribution in [1.29, 1.82) is 0 Å². The number of rotatable bonds is 8. The maximum Gasteiger partial charge on any atom is 0.259 e. The van der Waals surface area contributed by atoms with E-state index in [9.17, 15) is 4.79 Å². The molecule has 1 aromatic carbocycles. The van der Waals surface area contributed by atoms with Gasteiger partial charge in [-0.2, -0.15) is 0 Å². The van der Waals surface area contributed by atoms with E-state index in [1.807, 2.05) is 24.0 Å². The third kappa shape index (κ3) is 4.38. The Labute approximate surface area is 128 Å². The first kappa shape index (κ1) is 17.3. The molecule has 118 valence electrons. The Kier molecular flexibility index (Phi) is 7.06. The van der Waals surface area contributed by atoms with Crippen LogP contribution in [-0.4, -0.2) is 30.0 Å². The smallest absolute Gasteiger partial charge is 0.259 e. The van der Waals surface area contributed by atoms with Crippen molar-refractivity contribution in [1.82, 2.24) is 4.90 Å². The van der Waals surface area contributed by atoms with Gasteiger partial charge in [-0.05, 0) is 38.8 Å². The third-order valence-electron chi connectivity index (χ3n) is 3.71. The SMILES string of the molecule is CCCCN(C(=O)c1c(N)cccc1OCC)C(C)CC. The average molecular weight is 292 g/mol. The highest BCUT2D eigenvalue weighted by molar-refractivity contribution is 6.02. The molecule has 1 aromatic rings. The summed E-state index contributed by atoms with van der Waals surface area (Å²) >= 11 is 0. The summed E-state index contributed by atoms with van der Waals surface area (Å²) in [6.07, 6.45) is 2.97. The summed E-state index contributed by atoms with van der Waals surface area (Å²) in [5.41, 5.74) is 7.01. The Hall–Kier alpha value is -1.71. The van der Waals surface area contributed by atoms with Gasteiger partial charge in [0.05, 0.1) is 6.61 Å². The van der Waals surface area contributed by atoms with Crippen molar-refractivity contribution in [3.63, 3.8) is 0 Å². The first-order chi connectivity index (χ1) is 10.1. The van der Waals surface area contributed by atoms with Crippen molar-refractivity contribution >= 4 is 11.6 Å². The summed E-state index contributed by atoms with van der Waals surface area (Å²) in [6.45, 7) is 9.47. The van der Waals surface area contributed by atoms with Gasteiger partial charge in [-0.15, -0.1) is 0 Å². The van der Waals surface area contributed by atoms with Crippen molar-refractivity contribution in [3.05, 3.63) is 23.8 Å². The molecule has 4 heteroatoms. The van der Waals surface area contributed by atoms with Gasteiger partial charge >= 0.3 is 0 Å². The molecule has 1 amide bonds. The quantitative estimate of drug-likeness (QED) is 0.743. The number of benzene rings is 1. The van der Waals surface area contributed by atoms with E-state index in [0.29, 0.717) is 23.6 Å². The number of hydrogen-bond acceptors (Lipinski definition) is 3. The Morgan fingerprint density at radius 2 is 2.05 bits per heavy atom. The van der Waals surface area contributed by atoms with E-state index in [0.717, 1.165) is 25.8 Å². The molecule has 2 N–H and O–H groups in total. The molecule has 0 aliphatic carbocycles. The summed E-state index contributed by atoms with van der Waals surface area (Å²) in [5, 5.41) is 0. The van der Waals surface area contributed by atoms with Gasteiger partial charge in [0, 0.05) is 18.3 Å². The lowest BCUT2D eigenvalue weighted by Crippen LogP contribution is -2.39. The lowest BCUT2D eigenvalue weighted by molar-refractivity contribution is 0.0682. The van der Waals surface area contributed by atoms with Crippen LogP contribution >= 0.6 is 0 Å². The van der Waals surface area contributed by atoms with Crippen molar-refractivity contribution in [2.24, 2.45) is 0 Å². The van der Waals surface area contributed by atoms with Crippen molar-refractivity contribution in [2.75, 3.05) is 18.9 Å². The van der Waals surface area contributed by atoms with Crippen LogP contribution in [0.2, 0.25) is 0 Å². The molecule has 0 saturated heterocycles. The summed E-state index contributed by atoms with van der Waals surface area (Å²) in [4.78, 5) is 14.8. The fourth-order valence-electron chi connectivity index (χ4n) is 2.27. The number of carbonyl (C=O) groups is 1. The van der Waals surface area contributed by atoms with Gasteiger partial charge in [0.1, 0.15) is 11.3 Å². The predicted octanol–water partition coefficient (Wildman–Crippen LogP) is 3.71. The molecule has 0 bridgehead atoms. The lowest BCUT2D eigenvalue weighted by Gasteiger charge is -2.29. The van der Waals surface area contributed by atoms with Gasteiger partial charge in [-0.25, -0.2) is 0 Å². The van der Waals surface area contributed by atoms with E-state index < -0.39 is 0 Å². The maximum absolute atomic E-state index is 12.9. The number of unbranched alkanes of at least 4 members (excludes halogenated alkanes) is 1. The Balaban J connectivity index is 3.13. The number of carbonyl (C=O) groups excluding carboxylic acids is 1. The molecule has 0 aliphatic rings. The monoisotopic (exact) mass is 292 g/mol. The molecule has 4 nitrogen and oxygen atoms in total. The standard InChI is InChI=1S/C17H28N2O2/c1-5-8-12-19(13(4)6-2)17(20)16-14(18)10-9-11-15(16)21-7-3/h9-11,13H,5-8,12,18H2,1-4H3. The molecule has 1 unspecified atom stereocenters. The number of nitrogens with two attached hydrogens (primary N) is 1. The molecule has 0 heterocycles.